The molecule has 0 saturated heterocycles. The molecule has 0 aliphatic carbocycles. The molecule has 1 rings (SSSR count). The van der Waals surface area contributed by atoms with Gasteiger partial charge in [-0.05, 0) is 18.3 Å². The predicted molar refractivity (Wildman–Crippen MR) is 81.0 cm³/mol. The number of urea groups is 1. The van der Waals surface area contributed by atoms with Crippen molar-refractivity contribution in [2.75, 3.05) is 13.2 Å². The highest BCUT2D eigenvalue weighted by Crippen LogP contribution is 2.18. The molecule has 0 unspecified atom stereocenters. The van der Waals surface area contributed by atoms with E-state index in [0.29, 0.717) is 19.5 Å². The fraction of sp³-hybridized carbons (Fsp3) is 0.733. The molecule has 1 heterocycles. The number of aliphatic hydroxyl groups excluding tert-OH is 1. The molecule has 1 aromatic rings. The Kier molecular flexibility index (Phi) is 6.68. The van der Waals surface area contributed by atoms with Crippen LogP contribution in [0, 0.1) is 5.41 Å². The van der Waals surface area contributed by atoms with E-state index in [1.165, 1.54) is 0 Å². The summed E-state index contributed by atoms with van der Waals surface area (Å²) < 4.78 is 5.26. The highest BCUT2D eigenvalue weighted by atomic mass is 16.5. The summed E-state index contributed by atoms with van der Waals surface area (Å²) in [6.07, 6.45) is 2.19. The maximum Gasteiger partial charge on any atom is 0.315 e. The van der Waals surface area contributed by atoms with Gasteiger partial charge in [0.25, 0.3) is 0 Å². The Hall–Kier alpha value is -1.56. The second kappa shape index (κ2) is 8.02. The zero-order chi connectivity index (χ0) is 15.9. The van der Waals surface area contributed by atoms with Gasteiger partial charge in [-0.25, -0.2) is 4.79 Å². The van der Waals surface area contributed by atoms with E-state index in [0.717, 1.165) is 29.9 Å². The highest BCUT2D eigenvalue weighted by molar-refractivity contribution is 5.73. The fourth-order valence-corrected chi connectivity index (χ4v) is 2.08. The maximum atomic E-state index is 11.9. The quantitative estimate of drug-likeness (QED) is 0.685. The number of nitrogens with one attached hydrogen (secondary N) is 2. The fourth-order valence-electron chi connectivity index (χ4n) is 2.08. The lowest BCUT2D eigenvalue weighted by Crippen LogP contribution is -2.40. The number of hydrogen-bond acceptors (Lipinski definition) is 4. The molecule has 6 heteroatoms. The number of amides is 2. The molecule has 0 atom stereocenters. The molecule has 0 aliphatic heterocycles. The van der Waals surface area contributed by atoms with E-state index in [1.807, 2.05) is 27.7 Å². The second-order valence-corrected chi connectivity index (χ2v) is 5.91. The summed E-state index contributed by atoms with van der Waals surface area (Å²) >= 11 is 0. The lowest BCUT2D eigenvalue weighted by Gasteiger charge is -2.23. The van der Waals surface area contributed by atoms with Crippen LogP contribution in [0.1, 0.15) is 51.1 Å². The molecule has 2 amide bonds. The molecule has 0 fully saturated rings. The number of aryl methyl sites for hydroxylation is 2. The molecular weight excluding hydrogens is 270 g/mol. The van der Waals surface area contributed by atoms with E-state index in [2.05, 4.69) is 15.8 Å². The van der Waals surface area contributed by atoms with Crippen LogP contribution in [0.3, 0.4) is 0 Å². The number of rotatable bonds is 8. The lowest BCUT2D eigenvalue weighted by atomic mass is 9.90. The zero-order valence-corrected chi connectivity index (χ0v) is 13.5. The Bertz CT molecular complexity index is 434. The van der Waals surface area contributed by atoms with Gasteiger partial charge in [0.05, 0.1) is 5.69 Å². The molecular formula is C15H27N3O3. The molecule has 0 aliphatic rings. The van der Waals surface area contributed by atoms with Crippen LogP contribution in [-0.2, 0) is 19.4 Å². The largest absolute Gasteiger partial charge is 0.396 e. The molecule has 1 aromatic heterocycles. The smallest absolute Gasteiger partial charge is 0.315 e. The third-order valence-corrected chi connectivity index (χ3v) is 3.55. The van der Waals surface area contributed by atoms with E-state index >= 15 is 0 Å². The van der Waals surface area contributed by atoms with Gasteiger partial charge in [-0.1, -0.05) is 32.9 Å². The molecule has 0 spiro atoms. The second-order valence-electron chi connectivity index (χ2n) is 5.91. The summed E-state index contributed by atoms with van der Waals surface area (Å²) in [4.78, 5) is 11.9. The SMILES string of the molecule is CCc1noc(CC)c1CNC(=O)NCC(C)(C)CCO. The molecule has 0 radical (unpaired) electrons. The van der Waals surface area contributed by atoms with Crippen molar-refractivity contribution < 1.29 is 14.4 Å². The summed E-state index contributed by atoms with van der Waals surface area (Å²) in [5.74, 6) is 0.827. The number of nitrogens with zero attached hydrogens (tertiary/aromatic N) is 1. The monoisotopic (exact) mass is 297 g/mol. The van der Waals surface area contributed by atoms with E-state index < -0.39 is 0 Å². The van der Waals surface area contributed by atoms with Gasteiger partial charge in [0, 0.05) is 31.7 Å². The normalized spacial score (nSPS) is 11.5. The van der Waals surface area contributed by atoms with Gasteiger partial charge in [0.1, 0.15) is 5.76 Å². The first-order chi connectivity index (χ1) is 9.93. The Morgan fingerprint density at radius 1 is 1.29 bits per heavy atom. The van der Waals surface area contributed by atoms with Crippen LogP contribution in [0.5, 0.6) is 0 Å². The molecule has 3 N–H and O–H groups in total. The van der Waals surface area contributed by atoms with E-state index in [1.54, 1.807) is 0 Å². The summed E-state index contributed by atoms with van der Waals surface area (Å²) in [6.45, 7) is 9.09. The van der Waals surface area contributed by atoms with Crippen LogP contribution >= 0.6 is 0 Å². The highest BCUT2D eigenvalue weighted by Gasteiger charge is 2.19. The number of aromatic nitrogens is 1. The Labute approximate surface area is 126 Å². The minimum Gasteiger partial charge on any atom is -0.396 e. The average Bonchev–Trinajstić information content (AvgIpc) is 2.85. The standard InChI is InChI=1S/C15H27N3O3/c1-5-12-11(13(6-2)21-18-12)9-16-14(20)17-10-15(3,4)7-8-19/h19H,5-10H2,1-4H3,(H2,16,17,20). The minimum absolute atomic E-state index is 0.119. The van der Waals surface area contributed by atoms with Crippen molar-refractivity contribution >= 4 is 6.03 Å². The van der Waals surface area contributed by atoms with E-state index in [-0.39, 0.29) is 18.1 Å². The summed E-state index contributed by atoms with van der Waals surface area (Å²) in [5, 5.41) is 18.7. The molecule has 21 heavy (non-hydrogen) atoms. The Balaban J connectivity index is 2.48. The van der Waals surface area contributed by atoms with E-state index in [4.69, 9.17) is 9.63 Å². The van der Waals surface area contributed by atoms with E-state index in [9.17, 15) is 4.79 Å². The summed E-state index contributed by atoms with van der Waals surface area (Å²) in [7, 11) is 0. The van der Waals surface area contributed by atoms with Crippen molar-refractivity contribution in [3.8, 4) is 0 Å². The Morgan fingerprint density at radius 3 is 2.57 bits per heavy atom. The van der Waals surface area contributed by atoms with Gasteiger partial charge in [-0.3, -0.25) is 0 Å². The van der Waals surface area contributed by atoms with Gasteiger partial charge >= 0.3 is 6.03 Å². The van der Waals surface area contributed by atoms with Crippen molar-refractivity contribution in [1.29, 1.82) is 0 Å². The third kappa shape index (κ3) is 5.38. The van der Waals surface area contributed by atoms with Crippen molar-refractivity contribution in [1.82, 2.24) is 15.8 Å². The minimum atomic E-state index is -0.216. The predicted octanol–water partition coefficient (Wildman–Crippen LogP) is 2.01. The number of aliphatic hydroxyl groups is 1. The van der Waals surface area contributed by atoms with Gasteiger partial charge in [-0.2, -0.15) is 0 Å². The first kappa shape index (κ1) is 17.5. The van der Waals surface area contributed by atoms with Crippen LogP contribution in [0.25, 0.3) is 0 Å². The van der Waals surface area contributed by atoms with Gasteiger partial charge < -0.3 is 20.3 Å². The Morgan fingerprint density at radius 2 is 2.00 bits per heavy atom. The molecule has 0 saturated carbocycles. The topological polar surface area (TPSA) is 87.4 Å². The molecule has 120 valence electrons. The first-order valence-corrected chi connectivity index (χ1v) is 7.52. The van der Waals surface area contributed by atoms with Crippen LogP contribution < -0.4 is 10.6 Å². The van der Waals surface area contributed by atoms with Gasteiger partial charge in [0.15, 0.2) is 0 Å². The van der Waals surface area contributed by atoms with Crippen molar-refractivity contribution in [2.24, 2.45) is 5.41 Å². The molecule has 0 bridgehead atoms. The van der Waals surface area contributed by atoms with Gasteiger partial charge in [-0.15, -0.1) is 0 Å². The van der Waals surface area contributed by atoms with Crippen molar-refractivity contribution in [3.63, 3.8) is 0 Å². The third-order valence-electron chi connectivity index (χ3n) is 3.55. The van der Waals surface area contributed by atoms with Crippen LogP contribution in [0.4, 0.5) is 4.79 Å². The zero-order valence-electron chi connectivity index (χ0n) is 13.5. The molecule has 6 nitrogen and oxygen atoms in total. The number of carbonyl (C=O) groups is 1. The average molecular weight is 297 g/mol. The first-order valence-electron chi connectivity index (χ1n) is 7.52. The van der Waals surface area contributed by atoms with Crippen molar-refractivity contribution in [2.45, 2.75) is 53.5 Å². The van der Waals surface area contributed by atoms with Crippen molar-refractivity contribution in [3.05, 3.63) is 17.0 Å². The number of carbonyl (C=O) groups excluding carboxylic acids is 1. The lowest BCUT2D eigenvalue weighted by molar-refractivity contribution is 0.201. The van der Waals surface area contributed by atoms with Crippen LogP contribution in [0.15, 0.2) is 4.52 Å². The van der Waals surface area contributed by atoms with Gasteiger partial charge in [0.2, 0.25) is 0 Å². The summed E-state index contributed by atoms with van der Waals surface area (Å²) in [5.41, 5.74) is 1.75. The van der Waals surface area contributed by atoms with Crippen LogP contribution in [0.2, 0.25) is 0 Å². The maximum absolute atomic E-state index is 11.9. The number of hydrogen-bond donors (Lipinski definition) is 3. The van der Waals surface area contributed by atoms with Crippen LogP contribution in [-0.4, -0.2) is 29.4 Å². The molecule has 0 aromatic carbocycles. The summed E-state index contributed by atoms with van der Waals surface area (Å²) in [6, 6.07) is -0.216.